The molecule has 0 aromatic carbocycles. The average Bonchev–Trinajstić information content (AvgIpc) is 2.17. The van der Waals surface area contributed by atoms with Crippen molar-refractivity contribution in [3.8, 4) is 0 Å². The number of carbonyl (C=O) groups is 3. The van der Waals surface area contributed by atoms with Crippen molar-refractivity contribution in [2.75, 3.05) is 13.1 Å². The monoisotopic (exact) mass is 181 g/mol. The lowest BCUT2D eigenvalue weighted by molar-refractivity contribution is -0.149. The van der Waals surface area contributed by atoms with E-state index in [1.165, 1.54) is 0 Å². The number of hydrogen-bond acceptors (Lipinski definition) is 6. The van der Waals surface area contributed by atoms with Gasteiger partial charge in [-0.05, 0) is 0 Å². The SMILES string of the molecule is [2H]C([2H])(OC=O)C([2H])(OC=O)C([2H])([2H])OC=O. The molecule has 6 heteroatoms. The molecule has 68 valence electrons. The van der Waals surface area contributed by atoms with Crippen molar-refractivity contribution in [3.05, 3.63) is 0 Å². The van der Waals surface area contributed by atoms with E-state index in [0.717, 1.165) is 0 Å². The molecule has 0 amide bonds. The van der Waals surface area contributed by atoms with Gasteiger partial charge in [0.05, 0.1) is 6.85 Å². The van der Waals surface area contributed by atoms with Gasteiger partial charge in [0.2, 0.25) is 0 Å². The zero-order valence-electron chi connectivity index (χ0n) is 10.7. The first kappa shape index (κ1) is 4.44. The van der Waals surface area contributed by atoms with Crippen LogP contribution in [-0.4, -0.2) is 38.6 Å². The summed E-state index contributed by atoms with van der Waals surface area (Å²) in [5.41, 5.74) is 0. The highest BCUT2D eigenvalue weighted by Crippen LogP contribution is 1.90. The van der Waals surface area contributed by atoms with Crippen LogP contribution in [0.1, 0.15) is 6.85 Å². The highest BCUT2D eigenvalue weighted by Gasteiger charge is 2.09. The molecular weight excluding hydrogens is 168 g/mol. The highest BCUT2D eigenvalue weighted by atomic mass is 16.6. The summed E-state index contributed by atoms with van der Waals surface area (Å²) in [5.74, 6) is 0. The summed E-state index contributed by atoms with van der Waals surface area (Å²) in [6.45, 7) is -8.00. The molecule has 0 saturated carbocycles. The predicted molar refractivity (Wildman–Crippen MR) is 35.0 cm³/mol. The number of ether oxygens (including phenoxy) is 3. The summed E-state index contributed by atoms with van der Waals surface area (Å²) in [7, 11) is 0. The van der Waals surface area contributed by atoms with Crippen LogP contribution >= 0.6 is 0 Å². The van der Waals surface area contributed by atoms with Gasteiger partial charge >= 0.3 is 0 Å². The fourth-order valence-electron chi connectivity index (χ4n) is 0.272. The Morgan fingerprint density at radius 1 is 1.17 bits per heavy atom. The summed E-state index contributed by atoms with van der Waals surface area (Å²) in [6.07, 6.45) is -3.41. The van der Waals surface area contributed by atoms with Gasteiger partial charge in [0.1, 0.15) is 13.1 Å². The fourth-order valence-corrected chi connectivity index (χ4v) is 0.272. The van der Waals surface area contributed by atoms with Crippen LogP contribution in [0, 0.1) is 0 Å². The fraction of sp³-hybridized carbons (Fsp3) is 0.500. The van der Waals surface area contributed by atoms with Gasteiger partial charge in [0, 0.05) is 0 Å². The second-order valence-corrected chi connectivity index (χ2v) is 1.18. The first-order chi connectivity index (χ1) is 7.68. The van der Waals surface area contributed by atoms with E-state index in [1.807, 2.05) is 0 Å². The van der Waals surface area contributed by atoms with E-state index in [4.69, 9.17) is 6.85 Å². The lowest BCUT2D eigenvalue weighted by Crippen LogP contribution is -2.24. The minimum absolute atomic E-state index is 0.408. The summed E-state index contributed by atoms with van der Waals surface area (Å²) in [4.78, 5) is 30.2. The molecule has 0 radical (unpaired) electrons. The first-order valence-electron chi connectivity index (χ1n) is 5.03. The lowest BCUT2D eigenvalue weighted by atomic mass is 10.4. The van der Waals surface area contributed by atoms with Gasteiger partial charge in [-0.1, -0.05) is 0 Å². The van der Waals surface area contributed by atoms with Crippen LogP contribution in [0.4, 0.5) is 0 Å². The normalized spacial score (nSPS) is 18.2. The Morgan fingerprint density at radius 2 is 1.67 bits per heavy atom. The molecule has 0 N–H and O–H groups in total. The second kappa shape index (κ2) is 7.52. The van der Waals surface area contributed by atoms with Gasteiger partial charge in [-0.15, -0.1) is 0 Å². The summed E-state index contributed by atoms with van der Waals surface area (Å²) >= 11 is 0. The maximum Gasteiger partial charge on any atom is 0.293 e. The van der Waals surface area contributed by atoms with Crippen LogP contribution in [-0.2, 0) is 28.6 Å². The van der Waals surface area contributed by atoms with Crippen LogP contribution in [0.25, 0.3) is 0 Å². The van der Waals surface area contributed by atoms with Crippen LogP contribution < -0.4 is 0 Å². The lowest BCUT2D eigenvalue weighted by Gasteiger charge is -2.11. The highest BCUT2D eigenvalue weighted by molar-refractivity contribution is 5.39. The van der Waals surface area contributed by atoms with Gasteiger partial charge < -0.3 is 14.2 Å². The molecule has 0 aliphatic carbocycles. The third-order valence-corrected chi connectivity index (χ3v) is 0.565. The van der Waals surface area contributed by atoms with Crippen LogP contribution in [0.15, 0.2) is 0 Å². The zero-order valence-corrected chi connectivity index (χ0v) is 5.68. The third kappa shape index (κ3) is 5.21. The summed E-state index contributed by atoms with van der Waals surface area (Å²) in [6, 6.07) is 0. The molecule has 0 atom stereocenters. The van der Waals surface area contributed by atoms with Crippen molar-refractivity contribution >= 4 is 19.4 Å². The van der Waals surface area contributed by atoms with Gasteiger partial charge in [0.25, 0.3) is 19.4 Å². The molecule has 0 fully saturated rings. The van der Waals surface area contributed by atoms with Crippen molar-refractivity contribution in [2.24, 2.45) is 0 Å². The zero-order chi connectivity index (χ0) is 13.7. The third-order valence-electron chi connectivity index (χ3n) is 0.565. The van der Waals surface area contributed by atoms with Crippen molar-refractivity contribution in [1.82, 2.24) is 0 Å². The van der Waals surface area contributed by atoms with Gasteiger partial charge in [-0.3, -0.25) is 14.4 Å². The first-order valence-corrected chi connectivity index (χ1v) is 2.53. The van der Waals surface area contributed by atoms with Crippen molar-refractivity contribution in [2.45, 2.75) is 6.08 Å². The standard InChI is InChI=1S/C6H8O6/c7-3-10-1-6(12-5-9)2-11-4-8/h3-6H,1-2H2/i1D2,2D2,6D. The number of carbonyl (C=O) groups excluding carboxylic acids is 3. The van der Waals surface area contributed by atoms with E-state index in [1.54, 1.807) is 0 Å². The van der Waals surface area contributed by atoms with E-state index >= 15 is 0 Å². The van der Waals surface area contributed by atoms with E-state index in [9.17, 15) is 14.4 Å². The van der Waals surface area contributed by atoms with E-state index in [2.05, 4.69) is 14.2 Å². The molecule has 0 spiro atoms. The minimum atomic E-state index is -3.41. The molecule has 0 aromatic rings. The molecule has 0 rings (SSSR count). The molecule has 0 aliphatic rings. The van der Waals surface area contributed by atoms with Crippen molar-refractivity contribution in [3.63, 3.8) is 0 Å². The number of rotatable bonds is 8. The van der Waals surface area contributed by atoms with Crippen LogP contribution in [0.3, 0.4) is 0 Å². The molecule has 0 aromatic heterocycles. The Balaban J connectivity index is 5.48. The van der Waals surface area contributed by atoms with Gasteiger partial charge in [0.15, 0.2) is 6.08 Å². The largest absolute Gasteiger partial charge is 0.464 e. The maximum absolute atomic E-state index is 10.2. The van der Waals surface area contributed by atoms with E-state index in [0.29, 0.717) is 0 Å². The molecule has 0 bridgehead atoms. The Morgan fingerprint density at radius 3 is 2.00 bits per heavy atom. The predicted octanol–water partition coefficient (Wildman–Crippen LogP) is -1.13. The second-order valence-electron chi connectivity index (χ2n) is 1.18. The molecule has 0 unspecified atom stereocenters. The molecule has 0 aliphatic heterocycles. The van der Waals surface area contributed by atoms with Crippen molar-refractivity contribution in [1.29, 1.82) is 0 Å². The topological polar surface area (TPSA) is 78.9 Å². The smallest absolute Gasteiger partial charge is 0.293 e. The number of hydrogen-bond donors (Lipinski definition) is 0. The molecule has 6 nitrogen and oxygen atoms in total. The van der Waals surface area contributed by atoms with E-state index in [-0.39, 0.29) is 0 Å². The molecule has 0 heterocycles. The quantitative estimate of drug-likeness (QED) is 0.348. The van der Waals surface area contributed by atoms with Crippen molar-refractivity contribution < 1.29 is 35.4 Å². The molecule has 12 heavy (non-hydrogen) atoms. The Kier molecular flexibility index (Phi) is 2.78. The average molecular weight is 181 g/mol. The summed E-state index contributed by atoms with van der Waals surface area (Å²) < 4.78 is 47.4. The Bertz CT molecular complexity index is 283. The minimum Gasteiger partial charge on any atom is -0.464 e. The van der Waals surface area contributed by atoms with Gasteiger partial charge in [-0.2, -0.15) is 0 Å². The summed E-state index contributed by atoms with van der Waals surface area (Å²) in [5, 5.41) is 0. The molecular formula is C6H8O6. The molecule has 0 saturated heterocycles. The Hall–Kier alpha value is -1.59. The van der Waals surface area contributed by atoms with Crippen LogP contribution in [0.5, 0.6) is 0 Å². The Labute approximate surface area is 75.4 Å². The van der Waals surface area contributed by atoms with Crippen LogP contribution in [0.2, 0.25) is 0 Å². The maximum atomic E-state index is 10.2. The van der Waals surface area contributed by atoms with E-state index < -0.39 is 38.6 Å². The van der Waals surface area contributed by atoms with Gasteiger partial charge in [-0.25, -0.2) is 0 Å².